The van der Waals surface area contributed by atoms with Crippen LogP contribution in [0.1, 0.15) is 19.4 Å². The van der Waals surface area contributed by atoms with E-state index in [4.69, 9.17) is 9.47 Å². The largest absolute Gasteiger partial charge is 0.480 e. The summed E-state index contributed by atoms with van der Waals surface area (Å²) < 4.78 is 25.8. The van der Waals surface area contributed by atoms with Gasteiger partial charge in [0, 0.05) is 30.6 Å². The summed E-state index contributed by atoms with van der Waals surface area (Å²) >= 11 is 0. The normalized spacial score (nSPS) is 9.88. The van der Waals surface area contributed by atoms with E-state index in [1.165, 1.54) is 6.07 Å². The first kappa shape index (κ1) is 17.5. The Morgan fingerprint density at radius 3 is 2.46 bits per heavy atom. The molecule has 0 unspecified atom stereocenters. The maximum absolute atomic E-state index is 13.5. The van der Waals surface area contributed by atoms with Crippen molar-refractivity contribution in [3.63, 3.8) is 0 Å². The van der Waals surface area contributed by atoms with Gasteiger partial charge in [0.15, 0.2) is 5.82 Å². The Kier molecular flexibility index (Phi) is 5.89. The van der Waals surface area contributed by atoms with Gasteiger partial charge < -0.3 is 9.47 Å². The summed E-state index contributed by atoms with van der Waals surface area (Å²) in [5.41, 5.74) is 0.575. The molecule has 0 amide bonds. The van der Waals surface area contributed by atoms with Crippen molar-refractivity contribution in [3.05, 3.63) is 60.2 Å². The van der Waals surface area contributed by atoms with E-state index in [0.29, 0.717) is 28.8 Å². The number of aromatic nitrogens is 3. The highest BCUT2D eigenvalue weighted by Crippen LogP contribution is 2.24. The Morgan fingerprint density at radius 2 is 1.79 bits per heavy atom. The van der Waals surface area contributed by atoms with Gasteiger partial charge in [-0.05, 0) is 24.6 Å². The fraction of sp³-hybridized carbons (Fsp3) is 0.222. The molecule has 0 aliphatic rings. The molecule has 3 rings (SSSR count). The summed E-state index contributed by atoms with van der Waals surface area (Å²) in [6, 6.07) is 9.88. The van der Waals surface area contributed by atoms with Crippen molar-refractivity contribution in [1.29, 1.82) is 0 Å². The first-order valence-electron chi connectivity index (χ1n) is 7.66. The average Bonchev–Trinajstić information content (AvgIpc) is 3.09. The van der Waals surface area contributed by atoms with Crippen LogP contribution in [-0.2, 0) is 0 Å². The maximum atomic E-state index is 13.5. The zero-order chi connectivity index (χ0) is 17.5. The second kappa shape index (κ2) is 8.10. The minimum absolute atomic E-state index is 0.302. The molecular formula is C18H20FN3O2. The number of nitrogens with zero attached hydrogens (tertiary/aromatic N) is 3. The lowest BCUT2D eigenvalue weighted by Gasteiger charge is -2.08. The molecule has 0 N–H and O–H groups in total. The molecule has 0 aliphatic carbocycles. The smallest absolute Gasteiger partial charge is 0.232 e. The molecule has 0 aliphatic heterocycles. The minimum atomic E-state index is -0.302. The zero-order valence-electron chi connectivity index (χ0n) is 14.2. The molecule has 6 heteroatoms. The van der Waals surface area contributed by atoms with E-state index in [9.17, 15) is 4.39 Å². The first-order valence-corrected chi connectivity index (χ1v) is 7.66. The van der Waals surface area contributed by atoms with Crippen LogP contribution in [0.4, 0.5) is 4.39 Å². The van der Waals surface area contributed by atoms with Crippen molar-refractivity contribution < 1.29 is 13.9 Å². The van der Waals surface area contributed by atoms with Crippen LogP contribution in [0.2, 0.25) is 0 Å². The van der Waals surface area contributed by atoms with Gasteiger partial charge in [0.05, 0.1) is 7.11 Å². The Balaban J connectivity index is 0.00000100. The van der Waals surface area contributed by atoms with Crippen molar-refractivity contribution >= 4 is 0 Å². The standard InChI is InChI=1S/C16H14FN3O2.C2H6/c1-11-3-4-12(9-14(11)17)22-13-5-7-18-15(10-13)20-8-6-16(19-20)21-2;1-2/h3-10H,1-2H3;1-2H3. The second-order valence-corrected chi connectivity index (χ2v) is 4.67. The van der Waals surface area contributed by atoms with Crippen molar-refractivity contribution in [1.82, 2.24) is 14.8 Å². The molecule has 2 heterocycles. The number of hydrogen-bond donors (Lipinski definition) is 0. The fourth-order valence-corrected chi connectivity index (χ4v) is 1.91. The molecule has 0 bridgehead atoms. The third-order valence-electron chi connectivity index (χ3n) is 3.10. The number of pyridine rings is 1. The van der Waals surface area contributed by atoms with Crippen LogP contribution < -0.4 is 9.47 Å². The summed E-state index contributed by atoms with van der Waals surface area (Å²) in [6.45, 7) is 5.70. The highest BCUT2D eigenvalue weighted by molar-refractivity contribution is 5.37. The highest BCUT2D eigenvalue weighted by atomic mass is 19.1. The lowest BCUT2D eigenvalue weighted by molar-refractivity contribution is 0.394. The van der Waals surface area contributed by atoms with Crippen LogP contribution in [0.15, 0.2) is 48.8 Å². The van der Waals surface area contributed by atoms with Gasteiger partial charge in [0.25, 0.3) is 0 Å². The van der Waals surface area contributed by atoms with Crippen LogP contribution in [0.25, 0.3) is 5.82 Å². The molecule has 24 heavy (non-hydrogen) atoms. The van der Waals surface area contributed by atoms with E-state index in [-0.39, 0.29) is 5.82 Å². The Hall–Kier alpha value is -2.89. The summed E-state index contributed by atoms with van der Waals surface area (Å²) in [4.78, 5) is 4.22. The molecule has 0 saturated heterocycles. The van der Waals surface area contributed by atoms with E-state index < -0.39 is 0 Å². The lowest BCUT2D eigenvalue weighted by atomic mass is 10.2. The van der Waals surface area contributed by atoms with E-state index in [2.05, 4.69) is 10.1 Å². The molecule has 1 aromatic carbocycles. The minimum Gasteiger partial charge on any atom is -0.480 e. The third-order valence-corrected chi connectivity index (χ3v) is 3.10. The molecule has 126 valence electrons. The van der Waals surface area contributed by atoms with Gasteiger partial charge in [0.1, 0.15) is 17.3 Å². The lowest BCUT2D eigenvalue weighted by Crippen LogP contribution is -1.99. The monoisotopic (exact) mass is 329 g/mol. The van der Waals surface area contributed by atoms with E-state index >= 15 is 0 Å². The van der Waals surface area contributed by atoms with Gasteiger partial charge in [-0.3, -0.25) is 0 Å². The molecular weight excluding hydrogens is 309 g/mol. The molecule has 0 radical (unpaired) electrons. The molecule has 0 spiro atoms. The number of halogens is 1. The van der Waals surface area contributed by atoms with Crippen molar-refractivity contribution in [3.8, 4) is 23.2 Å². The second-order valence-electron chi connectivity index (χ2n) is 4.67. The molecule has 3 aromatic rings. The predicted molar refractivity (Wildman–Crippen MR) is 90.5 cm³/mol. The Morgan fingerprint density at radius 1 is 1.04 bits per heavy atom. The molecule has 0 atom stereocenters. The van der Waals surface area contributed by atoms with E-state index in [1.807, 2.05) is 13.8 Å². The summed E-state index contributed by atoms with van der Waals surface area (Å²) in [5.74, 6) is 1.74. The number of ether oxygens (including phenoxy) is 2. The van der Waals surface area contributed by atoms with Gasteiger partial charge in [-0.1, -0.05) is 19.9 Å². The van der Waals surface area contributed by atoms with Crippen molar-refractivity contribution in [2.24, 2.45) is 0 Å². The van der Waals surface area contributed by atoms with E-state index in [0.717, 1.165) is 0 Å². The first-order chi connectivity index (χ1) is 11.7. The summed E-state index contributed by atoms with van der Waals surface area (Å²) in [6.07, 6.45) is 3.33. The zero-order valence-corrected chi connectivity index (χ0v) is 14.2. The van der Waals surface area contributed by atoms with Gasteiger partial charge in [-0.2, -0.15) is 0 Å². The van der Waals surface area contributed by atoms with Crippen molar-refractivity contribution in [2.45, 2.75) is 20.8 Å². The maximum Gasteiger partial charge on any atom is 0.232 e. The van der Waals surface area contributed by atoms with Gasteiger partial charge in [0.2, 0.25) is 5.88 Å². The molecule has 0 saturated carbocycles. The third kappa shape index (κ3) is 4.10. The van der Waals surface area contributed by atoms with Crippen LogP contribution in [0, 0.1) is 12.7 Å². The van der Waals surface area contributed by atoms with Gasteiger partial charge in [-0.25, -0.2) is 14.1 Å². The number of benzene rings is 1. The van der Waals surface area contributed by atoms with Gasteiger partial charge >= 0.3 is 0 Å². The van der Waals surface area contributed by atoms with Crippen LogP contribution >= 0.6 is 0 Å². The summed E-state index contributed by atoms with van der Waals surface area (Å²) in [7, 11) is 1.55. The van der Waals surface area contributed by atoms with E-state index in [1.54, 1.807) is 61.4 Å². The van der Waals surface area contributed by atoms with Crippen molar-refractivity contribution in [2.75, 3.05) is 7.11 Å². The summed E-state index contributed by atoms with van der Waals surface area (Å²) in [5, 5.41) is 4.19. The van der Waals surface area contributed by atoms with Crippen LogP contribution in [0.5, 0.6) is 17.4 Å². The number of aryl methyl sites for hydroxylation is 1. The molecule has 2 aromatic heterocycles. The quantitative estimate of drug-likeness (QED) is 0.705. The molecule has 5 nitrogen and oxygen atoms in total. The van der Waals surface area contributed by atoms with Crippen LogP contribution in [-0.4, -0.2) is 21.9 Å². The molecule has 0 fully saturated rings. The number of hydrogen-bond acceptors (Lipinski definition) is 4. The van der Waals surface area contributed by atoms with Gasteiger partial charge in [-0.15, -0.1) is 5.10 Å². The Bertz CT molecular complexity index is 802. The fourth-order valence-electron chi connectivity index (χ4n) is 1.91. The van der Waals surface area contributed by atoms with Crippen LogP contribution in [0.3, 0.4) is 0 Å². The predicted octanol–water partition coefficient (Wildman–Crippen LogP) is 4.54. The topological polar surface area (TPSA) is 49.2 Å². The number of rotatable bonds is 4. The SMILES string of the molecule is CC.COc1ccn(-c2cc(Oc3ccc(C)c(F)c3)ccn2)n1. The number of methoxy groups -OCH3 is 1. The average molecular weight is 329 g/mol. The Labute approximate surface area is 140 Å². The highest BCUT2D eigenvalue weighted by Gasteiger charge is 2.06.